The van der Waals surface area contributed by atoms with Crippen LogP contribution in [0.2, 0.25) is 5.02 Å². The second-order valence-electron chi connectivity index (χ2n) is 5.80. The SMILES string of the molecule is COc1cc(/C=C/C(=O)c2c(O)cc(C)oc2=O)cc(Cl)c1OC(C)C. The Balaban J connectivity index is 2.35. The molecule has 0 bridgehead atoms. The molecule has 1 aromatic carbocycles. The van der Waals surface area contributed by atoms with Gasteiger partial charge in [-0.1, -0.05) is 17.7 Å². The number of carbonyl (C=O) groups is 1. The van der Waals surface area contributed by atoms with Crippen LogP contribution in [0.3, 0.4) is 0 Å². The maximum absolute atomic E-state index is 12.2. The summed E-state index contributed by atoms with van der Waals surface area (Å²) < 4.78 is 15.7. The van der Waals surface area contributed by atoms with Crippen LogP contribution < -0.4 is 15.1 Å². The molecule has 0 aliphatic heterocycles. The normalized spacial score (nSPS) is 11.2. The Morgan fingerprint density at radius 3 is 2.58 bits per heavy atom. The first-order valence-electron chi connectivity index (χ1n) is 7.83. The van der Waals surface area contributed by atoms with Crippen LogP contribution >= 0.6 is 11.6 Å². The average molecular weight is 379 g/mol. The Bertz CT molecular complexity index is 911. The molecule has 7 heteroatoms. The summed E-state index contributed by atoms with van der Waals surface area (Å²) in [5.41, 5.74) is -0.759. The van der Waals surface area contributed by atoms with E-state index < -0.39 is 22.7 Å². The van der Waals surface area contributed by atoms with E-state index >= 15 is 0 Å². The molecule has 0 aliphatic rings. The summed E-state index contributed by atoms with van der Waals surface area (Å²) in [5.74, 6) is -0.0794. The third kappa shape index (κ3) is 4.46. The highest BCUT2D eigenvalue weighted by atomic mass is 35.5. The maximum Gasteiger partial charge on any atom is 0.351 e. The fourth-order valence-electron chi connectivity index (χ4n) is 2.26. The smallest absolute Gasteiger partial charge is 0.351 e. The molecule has 1 N–H and O–H groups in total. The minimum absolute atomic E-state index is 0.0897. The molecule has 0 atom stereocenters. The number of ketones is 1. The summed E-state index contributed by atoms with van der Waals surface area (Å²) in [5, 5.41) is 10.1. The van der Waals surface area contributed by atoms with Gasteiger partial charge < -0.3 is 19.0 Å². The summed E-state index contributed by atoms with van der Waals surface area (Å²) in [6.45, 7) is 5.23. The van der Waals surface area contributed by atoms with E-state index in [0.717, 1.165) is 6.08 Å². The number of hydrogen-bond donors (Lipinski definition) is 1. The van der Waals surface area contributed by atoms with Crippen molar-refractivity contribution in [2.45, 2.75) is 26.9 Å². The van der Waals surface area contributed by atoms with Gasteiger partial charge in [0.05, 0.1) is 18.2 Å². The second kappa shape index (κ2) is 8.10. The van der Waals surface area contributed by atoms with E-state index in [1.807, 2.05) is 13.8 Å². The Morgan fingerprint density at radius 2 is 2.00 bits per heavy atom. The zero-order valence-corrected chi connectivity index (χ0v) is 15.6. The zero-order chi connectivity index (χ0) is 19.4. The van der Waals surface area contributed by atoms with Crippen molar-refractivity contribution in [3.05, 3.63) is 56.6 Å². The first-order chi connectivity index (χ1) is 12.2. The van der Waals surface area contributed by atoms with Gasteiger partial charge in [0, 0.05) is 6.07 Å². The third-order valence-corrected chi connectivity index (χ3v) is 3.61. The van der Waals surface area contributed by atoms with Crippen molar-refractivity contribution in [2.75, 3.05) is 7.11 Å². The molecule has 0 unspecified atom stereocenters. The van der Waals surface area contributed by atoms with Crippen LogP contribution in [0.25, 0.3) is 6.08 Å². The van der Waals surface area contributed by atoms with Gasteiger partial charge in [-0.3, -0.25) is 4.79 Å². The van der Waals surface area contributed by atoms with E-state index in [1.165, 1.54) is 26.2 Å². The lowest BCUT2D eigenvalue weighted by atomic mass is 10.1. The molecule has 0 spiro atoms. The number of hydrogen-bond acceptors (Lipinski definition) is 6. The monoisotopic (exact) mass is 378 g/mol. The number of benzene rings is 1. The third-order valence-electron chi connectivity index (χ3n) is 3.33. The quantitative estimate of drug-likeness (QED) is 0.604. The molecular formula is C19H19ClO6. The number of allylic oxidation sites excluding steroid dienone is 1. The van der Waals surface area contributed by atoms with Crippen LogP contribution in [0, 0.1) is 6.92 Å². The Kier molecular flexibility index (Phi) is 6.10. The highest BCUT2D eigenvalue weighted by molar-refractivity contribution is 6.32. The lowest BCUT2D eigenvalue weighted by molar-refractivity contribution is 0.104. The van der Waals surface area contributed by atoms with Gasteiger partial charge in [-0.25, -0.2) is 4.79 Å². The van der Waals surface area contributed by atoms with E-state index in [4.69, 9.17) is 25.5 Å². The van der Waals surface area contributed by atoms with Crippen LogP contribution in [0.15, 0.2) is 33.5 Å². The summed E-state index contributed by atoms with van der Waals surface area (Å²) in [6, 6.07) is 4.45. The van der Waals surface area contributed by atoms with Gasteiger partial charge in [0.15, 0.2) is 17.3 Å². The van der Waals surface area contributed by atoms with Gasteiger partial charge in [0.2, 0.25) is 0 Å². The minimum Gasteiger partial charge on any atom is -0.507 e. The zero-order valence-electron chi connectivity index (χ0n) is 14.8. The van der Waals surface area contributed by atoms with E-state index in [1.54, 1.807) is 12.1 Å². The Morgan fingerprint density at radius 1 is 1.31 bits per heavy atom. The van der Waals surface area contributed by atoms with Crippen LogP contribution in [0.4, 0.5) is 0 Å². The minimum atomic E-state index is -0.895. The molecule has 0 saturated heterocycles. The molecule has 1 aromatic heterocycles. The van der Waals surface area contributed by atoms with Gasteiger partial charge in [-0.15, -0.1) is 0 Å². The topological polar surface area (TPSA) is 86.0 Å². The van der Waals surface area contributed by atoms with E-state index in [2.05, 4.69) is 0 Å². The molecule has 0 amide bonds. The van der Waals surface area contributed by atoms with Gasteiger partial charge in [0.25, 0.3) is 0 Å². The average Bonchev–Trinajstić information content (AvgIpc) is 2.53. The molecule has 0 radical (unpaired) electrons. The molecule has 26 heavy (non-hydrogen) atoms. The lowest BCUT2D eigenvalue weighted by Gasteiger charge is -2.15. The maximum atomic E-state index is 12.2. The predicted octanol–water partition coefficient (Wildman–Crippen LogP) is 4.00. The van der Waals surface area contributed by atoms with Crippen LogP contribution in [-0.4, -0.2) is 24.1 Å². The number of carbonyl (C=O) groups excluding carboxylic acids is 1. The second-order valence-corrected chi connectivity index (χ2v) is 6.21. The van der Waals surface area contributed by atoms with Gasteiger partial charge in [0.1, 0.15) is 17.1 Å². The highest BCUT2D eigenvalue weighted by Gasteiger charge is 2.17. The highest BCUT2D eigenvalue weighted by Crippen LogP contribution is 2.37. The van der Waals surface area contributed by atoms with Crippen molar-refractivity contribution in [2.24, 2.45) is 0 Å². The van der Waals surface area contributed by atoms with Crippen LogP contribution in [0.5, 0.6) is 17.2 Å². The predicted molar refractivity (Wildman–Crippen MR) is 98.5 cm³/mol. The van der Waals surface area contributed by atoms with Crippen molar-refractivity contribution in [3.63, 3.8) is 0 Å². The van der Waals surface area contributed by atoms with Crippen LogP contribution in [0.1, 0.15) is 35.5 Å². The lowest BCUT2D eigenvalue weighted by Crippen LogP contribution is -2.12. The molecular weight excluding hydrogens is 360 g/mol. The molecule has 0 aliphatic carbocycles. The largest absolute Gasteiger partial charge is 0.507 e. The van der Waals surface area contributed by atoms with Gasteiger partial charge >= 0.3 is 5.63 Å². The first-order valence-corrected chi connectivity index (χ1v) is 8.21. The number of ether oxygens (including phenoxy) is 2. The standard InChI is InChI=1S/C19H19ClO6/c1-10(2)25-18-13(20)8-12(9-16(18)24-4)5-6-14(21)17-15(22)7-11(3)26-19(17)23/h5-10,22H,1-4H3/b6-5+. The van der Waals surface area contributed by atoms with Gasteiger partial charge in [-0.05, 0) is 44.5 Å². The molecule has 0 saturated carbocycles. The molecule has 2 rings (SSSR count). The summed E-state index contributed by atoms with van der Waals surface area (Å²) in [6.07, 6.45) is 2.51. The van der Waals surface area contributed by atoms with Crippen molar-refractivity contribution in [3.8, 4) is 17.2 Å². The molecule has 0 fully saturated rings. The number of methoxy groups -OCH3 is 1. The Labute approximate surface area is 155 Å². The summed E-state index contributed by atoms with van der Waals surface area (Å²) >= 11 is 6.23. The van der Waals surface area contributed by atoms with E-state index in [9.17, 15) is 14.7 Å². The van der Waals surface area contributed by atoms with E-state index in [0.29, 0.717) is 22.1 Å². The molecule has 6 nitrogen and oxygen atoms in total. The fourth-order valence-corrected chi connectivity index (χ4v) is 2.53. The number of aryl methyl sites for hydroxylation is 1. The molecule has 1 heterocycles. The number of rotatable bonds is 6. The number of halogens is 1. The van der Waals surface area contributed by atoms with E-state index in [-0.39, 0.29) is 11.9 Å². The van der Waals surface area contributed by atoms with Crippen molar-refractivity contribution < 1.29 is 23.8 Å². The fraction of sp³-hybridized carbons (Fsp3) is 0.263. The van der Waals surface area contributed by atoms with Crippen molar-refractivity contribution in [1.82, 2.24) is 0 Å². The number of aromatic hydroxyl groups is 1. The van der Waals surface area contributed by atoms with Crippen molar-refractivity contribution in [1.29, 1.82) is 0 Å². The van der Waals surface area contributed by atoms with Crippen LogP contribution in [-0.2, 0) is 0 Å². The Hall–Kier alpha value is -2.73. The van der Waals surface area contributed by atoms with Gasteiger partial charge in [-0.2, -0.15) is 0 Å². The molecule has 138 valence electrons. The summed E-state index contributed by atoms with van der Waals surface area (Å²) in [4.78, 5) is 24.0. The first kappa shape index (κ1) is 19.6. The van der Waals surface area contributed by atoms with Crippen molar-refractivity contribution >= 4 is 23.5 Å². The molecule has 2 aromatic rings. The summed E-state index contributed by atoms with van der Waals surface area (Å²) in [7, 11) is 1.48.